The number of Topliss-reactive ketones (excluding diaryl/α,β-unsaturated/α-hetero) is 1. The highest BCUT2D eigenvalue weighted by molar-refractivity contribution is 7.12. The van der Waals surface area contributed by atoms with Gasteiger partial charge in [-0.15, -0.1) is 16.9 Å². The monoisotopic (exact) mass is 293 g/mol. The van der Waals surface area contributed by atoms with Crippen LogP contribution in [0.5, 0.6) is 0 Å². The van der Waals surface area contributed by atoms with E-state index < -0.39 is 14.2 Å². The van der Waals surface area contributed by atoms with Crippen molar-refractivity contribution >= 4 is 25.2 Å². The van der Waals surface area contributed by atoms with E-state index in [2.05, 4.69) is 36.1 Å². The summed E-state index contributed by atoms with van der Waals surface area (Å²) in [7, 11) is -1.37. The fourth-order valence-electron chi connectivity index (χ4n) is 2.03. The van der Waals surface area contributed by atoms with Crippen LogP contribution in [-0.2, 0) is 4.79 Å². The van der Waals surface area contributed by atoms with Crippen LogP contribution in [0.3, 0.4) is 0 Å². The van der Waals surface area contributed by atoms with Crippen LogP contribution in [0.1, 0.15) is 35.1 Å². The molecule has 2 atom stereocenters. The Hall–Kier alpha value is -0.963. The molecule has 1 heterocycles. The predicted molar refractivity (Wildman–Crippen MR) is 79.9 cm³/mol. The van der Waals surface area contributed by atoms with Crippen molar-refractivity contribution in [2.24, 2.45) is 0 Å². The van der Waals surface area contributed by atoms with Crippen molar-refractivity contribution in [1.82, 2.24) is 4.98 Å². The lowest BCUT2D eigenvalue weighted by atomic mass is 9.86. The average Bonchev–Trinajstić information content (AvgIpc) is 2.78. The first kappa shape index (κ1) is 14.4. The van der Waals surface area contributed by atoms with E-state index >= 15 is 0 Å². The Morgan fingerprint density at radius 2 is 2.21 bits per heavy atom. The van der Waals surface area contributed by atoms with Gasteiger partial charge in [-0.3, -0.25) is 4.79 Å². The molecule has 102 valence electrons. The second kappa shape index (κ2) is 5.57. The van der Waals surface area contributed by atoms with Gasteiger partial charge in [0.15, 0.2) is 10.8 Å². The Labute approximate surface area is 119 Å². The highest BCUT2D eigenvalue weighted by atomic mass is 32.1. The third kappa shape index (κ3) is 4.00. The zero-order chi connectivity index (χ0) is 14.0. The van der Waals surface area contributed by atoms with E-state index in [0.717, 1.165) is 16.3 Å². The van der Waals surface area contributed by atoms with Gasteiger partial charge < -0.3 is 5.11 Å². The summed E-state index contributed by atoms with van der Waals surface area (Å²) in [6, 6.07) is 0. The zero-order valence-corrected chi connectivity index (χ0v) is 13.4. The molecule has 0 saturated heterocycles. The molecule has 5 heteroatoms. The molecule has 1 fully saturated rings. The normalized spacial score (nSPS) is 23.9. The number of aromatic nitrogens is 1. The number of carbonyl (C=O) groups is 1. The van der Waals surface area contributed by atoms with Crippen LogP contribution in [0.4, 0.5) is 0 Å². The summed E-state index contributed by atoms with van der Waals surface area (Å²) < 4.78 is 0. The maximum Gasteiger partial charge on any atom is 0.166 e. The molecule has 0 aliphatic heterocycles. The second-order valence-corrected chi connectivity index (χ2v) is 11.8. The SMILES string of the molecule is C[Si](C)(C)C#Cc1ncc(C2CCC(=O)C(O)C2)s1. The van der Waals surface area contributed by atoms with E-state index in [1.165, 1.54) is 0 Å². The van der Waals surface area contributed by atoms with Crippen molar-refractivity contribution in [1.29, 1.82) is 0 Å². The van der Waals surface area contributed by atoms with E-state index in [-0.39, 0.29) is 11.7 Å². The van der Waals surface area contributed by atoms with Gasteiger partial charge in [0.2, 0.25) is 0 Å². The largest absolute Gasteiger partial charge is 0.385 e. The lowest BCUT2D eigenvalue weighted by molar-refractivity contribution is -0.129. The molecule has 1 aliphatic rings. The van der Waals surface area contributed by atoms with Crippen molar-refractivity contribution in [2.75, 3.05) is 0 Å². The summed E-state index contributed by atoms with van der Waals surface area (Å²) in [6.45, 7) is 6.62. The number of hydrogen-bond acceptors (Lipinski definition) is 4. The Morgan fingerprint density at radius 1 is 1.47 bits per heavy atom. The molecule has 3 nitrogen and oxygen atoms in total. The third-order valence-electron chi connectivity index (χ3n) is 3.09. The van der Waals surface area contributed by atoms with Crippen molar-refractivity contribution in [3.8, 4) is 11.5 Å². The van der Waals surface area contributed by atoms with Gasteiger partial charge in [-0.1, -0.05) is 19.6 Å². The number of thiazole rings is 1. The molecule has 0 amide bonds. The maximum absolute atomic E-state index is 11.3. The minimum absolute atomic E-state index is 0.0282. The standard InChI is InChI=1S/C14H19NO2SSi/c1-19(2,3)7-6-14-15-9-13(18-14)10-4-5-11(16)12(17)8-10/h9-10,12,17H,4-5,8H2,1-3H3. The lowest BCUT2D eigenvalue weighted by Gasteiger charge is -2.23. The predicted octanol–water partition coefficient (Wildman–Crippen LogP) is 2.57. The molecular formula is C14H19NO2SSi. The molecule has 1 saturated carbocycles. The summed E-state index contributed by atoms with van der Waals surface area (Å²) in [5.41, 5.74) is 3.30. The van der Waals surface area contributed by atoms with Crippen LogP contribution < -0.4 is 0 Å². The molecule has 1 aliphatic carbocycles. The van der Waals surface area contributed by atoms with E-state index in [1.54, 1.807) is 11.3 Å². The summed E-state index contributed by atoms with van der Waals surface area (Å²) in [6.07, 6.45) is 2.88. The van der Waals surface area contributed by atoms with E-state index in [1.807, 2.05) is 6.20 Å². The minimum Gasteiger partial charge on any atom is -0.385 e. The Balaban J connectivity index is 2.09. The van der Waals surface area contributed by atoms with E-state index in [0.29, 0.717) is 12.8 Å². The summed E-state index contributed by atoms with van der Waals surface area (Å²) in [4.78, 5) is 16.8. The molecule has 2 unspecified atom stereocenters. The number of ketones is 1. The molecule has 1 N–H and O–H groups in total. The number of carbonyl (C=O) groups excluding carboxylic acids is 1. The van der Waals surface area contributed by atoms with Gasteiger partial charge in [-0.05, 0) is 24.7 Å². The first-order valence-electron chi connectivity index (χ1n) is 6.55. The quantitative estimate of drug-likeness (QED) is 0.639. The van der Waals surface area contributed by atoms with Crippen LogP contribution in [0, 0.1) is 11.5 Å². The number of aliphatic hydroxyl groups excluding tert-OH is 1. The highest BCUT2D eigenvalue weighted by Gasteiger charge is 2.28. The van der Waals surface area contributed by atoms with Gasteiger partial charge in [-0.25, -0.2) is 4.98 Å². The maximum atomic E-state index is 11.3. The summed E-state index contributed by atoms with van der Waals surface area (Å²) in [5, 5.41) is 10.5. The number of nitrogens with zero attached hydrogens (tertiary/aromatic N) is 1. The molecule has 0 aromatic carbocycles. The molecule has 2 rings (SSSR count). The Morgan fingerprint density at radius 3 is 2.84 bits per heavy atom. The summed E-state index contributed by atoms with van der Waals surface area (Å²) >= 11 is 1.60. The van der Waals surface area contributed by atoms with Gasteiger partial charge in [0.25, 0.3) is 0 Å². The van der Waals surface area contributed by atoms with Crippen molar-refractivity contribution in [3.05, 3.63) is 16.1 Å². The van der Waals surface area contributed by atoms with E-state index in [4.69, 9.17) is 0 Å². The second-order valence-electron chi connectivity index (χ2n) is 6.02. The Kier molecular flexibility index (Phi) is 4.24. The number of hydrogen-bond donors (Lipinski definition) is 1. The first-order valence-corrected chi connectivity index (χ1v) is 10.9. The van der Waals surface area contributed by atoms with Crippen molar-refractivity contribution in [3.63, 3.8) is 0 Å². The van der Waals surface area contributed by atoms with Gasteiger partial charge in [-0.2, -0.15) is 0 Å². The average molecular weight is 293 g/mol. The van der Waals surface area contributed by atoms with Gasteiger partial charge in [0.05, 0.1) is 0 Å². The number of aliphatic hydroxyl groups is 1. The van der Waals surface area contributed by atoms with E-state index in [9.17, 15) is 9.90 Å². The van der Waals surface area contributed by atoms with Crippen LogP contribution in [0.25, 0.3) is 0 Å². The molecule has 0 radical (unpaired) electrons. The molecule has 19 heavy (non-hydrogen) atoms. The third-order valence-corrected chi connectivity index (χ3v) is 5.04. The molecule has 1 aromatic rings. The summed E-state index contributed by atoms with van der Waals surface area (Å²) in [5.74, 6) is 3.38. The van der Waals surface area contributed by atoms with Crippen LogP contribution in [-0.4, -0.2) is 30.1 Å². The molecule has 0 spiro atoms. The minimum atomic E-state index is -1.37. The first-order chi connectivity index (χ1) is 8.85. The molecule has 1 aromatic heterocycles. The Bertz CT molecular complexity index is 536. The van der Waals surface area contributed by atoms with Crippen LogP contribution >= 0.6 is 11.3 Å². The van der Waals surface area contributed by atoms with Crippen molar-refractivity contribution < 1.29 is 9.90 Å². The fourth-order valence-corrected chi connectivity index (χ4v) is 3.54. The van der Waals surface area contributed by atoms with Gasteiger partial charge in [0, 0.05) is 17.5 Å². The lowest BCUT2D eigenvalue weighted by Crippen LogP contribution is -2.27. The highest BCUT2D eigenvalue weighted by Crippen LogP contribution is 2.34. The van der Waals surface area contributed by atoms with Gasteiger partial charge in [0.1, 0.15) is 14.2 Å². The smallest absolute Gasteiger partial charge is 0.166 e. The van der Waals surface area contributed by atoms with Gasteiger partial charge >= 0.3 is 0 Å². The fraction of sp³-hybridized carbons (Fsp3) is 0.571. The van der Waals surface area contributed by atoms with Crippen molar-refractivity contribution in [2.45, 2.75) is 50.9 Å². The number of rotatable bonds is 1. The van der Waals surface area contributed by atoms with Crippen LogP contribution in [0.15, 0.2) is 6.20 Å². The topological polar surface area (TPSA) is 50.2 Å². The van der Waals surface area contributed by atoms with Crippen LogP contribution in [0.2, 0.25) is 19.6 Å². The molecule has 0 bridgehead atoms. The molecular weight excluding hydrogens is 274 g/mol. The zero-order valence-electron chi connectivity index (χ0n) is 11.6.